The van der Waals surface area contributed by atoms with Crippen LogP contribution >= 0.6 is 0 Å². The van der Waals surface area contributed by atoms with Crippen molar-refractivity contribution < 1.29 is 33.4 Å². The zero-order valence-corrected chi connectivity index (χ0v) is 34.5. The van der Waals surface area contributed by atoms with Gasteiger partial charge >= 0.3 is 0 Å². The number of hydrogen-bond acceptors (Lipinski definition) is 9. The molecule has 0 aromatic heterocycles. The van der Waals surface area contributed by atoms with Crippen molar-refractivity contribution in [1.82, 2.24) is 20.9 Å². The summed E-state index contributed by atoms with van der Waals surface area (Å²) in [4.78, 5) is 70.6. The summed E-state index contributed by atoms with van der Waals surface area (Å²) in [6.07, 6.45) is 5.16. The number of carbonyl (C=O) groups excluding carboxylic acids is 5. The molecule has 12 heteroatoms. The van der Waals surface area contributed by atoms with E-state index in [1.807, 2.05) is 79.4 Å². The van der Waals surface area contributed by atoms with Crippen LogP contribution in [0.25, 0.3) is 0 Å². The minimum absolute atomic E-state index is 0.00360. The number of ketones is 2. The molecular weight excluding hydrogens is 723 g/mol. The van der Waals surface area contributed by atoms with Crippen molar-refractivity contribution in [2.45, 2.75) is 96.6 Å². The third kappa shape index (κ3) is 15.0. The molecular formula is C45H67N5O7. The van der Waals surface area contributed by atoms with E-state index >= 15 is 0 Å². The standard InChI is InChI=1S/C45H67N5O7/c1-33(2)28-39(49-42(53)37(29-34-12-6-4-7-13-34)32-40(51)38(46)30-35-14-8-5-9-15-35)41(52)31-36(16-10-11-20-47-22-25-57-27-26-56-3)43(54)50-23-18-45(19-24-50)17-21-48-44(45)55/h4-9,12-15,33,36-39,47H,10-11,16-32,46H2,1-3H3,(H,48,55)(H,49,53)/t36-,37-,38+,39+/m0/s1. The van der Waals surface area contributed by atoms with Crippen LogP contribution < -0.4 is 21.7 Å². The lowest BCUT2D eigenvalue weighted by Gasteiger charge is -2.38. The molecule has 2 heterocycles. The van der Waals surface area contributed by atoms with E-state index < -0.39 is 29.3 Å². The van der Waals surface area contributed by atoms with E-state index in [1.165, 1.54) is 0 Å². The van der Waals surface area contributed by atoms with Crippen LogP contribution in [0.3, 0.4) is 0 Å². The van der Waals surface area contributed by atoms with Crippen LogP contribution in [0.2, 0.25) is 0 Å². The number of unbranched alkanes of at least 4 members (excludes halogenated alkanes) is 1. The quantitative estimate of drug-likeness (QED) is 0.103. The molecule has 0 saturated carbocycles. The van der Waals surface area contributed by atoms with E-state index in [1.54, 1.807) is 7.11 Å². The minimum Gasteiger partial charge on any atom is -0.382 e. The zero-order chi connectivity index (χ0) is 41.0. The molecule has 1 spiro atoms. The molecule has 0 unspecified atom stereocenters. The van der Waals surface area contributed by atoms with Gasteiger partial charge in [0.05, 0.1) is 37.3 Å². The summed E-state index contributed by atoms with van der Waals surface area (Å²) in [5.74, 6) is -1.94. The van der Waals surface area contributed by atoms with E-state index in [0.717, 1.165) is 36.9 Å². The fourth-order valence-corrected chi connectivity index (χ4v) is 8.02. The Labute approximate surface area is 339 Å². The monoisotopic (exact) mass is 790 g/mol. The molecule has 12 nitrogen and oxygen atoms in total. The minimum atomic E-state index is -0.814. The SMILES string of the molecule is COCCOCCNCCCC[C@@H](CC(=O)[C@@H](CC(C)C)NC(=O)[C@H](CC(=O)[C@H](N)Cc1ccccc1)Cc1ccccc1)C(=O)N1CCC2(CCNC2=O)CC1. The smallest absolute Gasteiger partial charge is 0.226 e. The fourth-order valence-electron chi connectivity index (χ4n) is 8.02. The van der Waals surface area contributed by atoms with E-state index in [0.29, 0.717) is 84.5 Å². The number of nitrogens with two attached hydrogens (primary N) is 1. The van der Waals surface area contributed by atoms with Crippen LogP contribution in [0.5, 0.6) is 0 Å². The van der Waals surface area contributed by atoms with E-state index in [-0.39, 0.29) is 48.0 Å². The zero-order valence-electron chi connectivity index (χ0n) is 34.5. The Kier molecular flexibility index (Phi) is 19.3. The molecule has 314 valence electrons. The maximum atomic E-state index is 14.3. The van der Waals surface area contributed by atoms with Crippen LogP contribution in [0, 0.1) is 23.2 Å². The molecule has 2 aliphatic heterocycles. The second-order valence-corrected chi connectivity index (χ2v) is 16.4. The Balaban J connectivity index is 1.43. The molecule has 5 N–H and O–H groups in total. The number of likely N-dealkylation sites (tertiary alicyclic amines) is 1. The third-order valence-corrected chi connectivity index (χ3v) is 11.5. The molecule has 2 saturated heterocycles. The first-order valence-corrected chi connectivity index (χ1v) is 21.0. The van der Waals surface area contributed by atoms with Gasteiger partial charge in [0.2, 0.25) is 17.7 Å². The van der Waals surface area contributed by atoms with E-state index in [4.69, 9.17) is 15.2 Å². The van der Waals surface area contributed by atoms with Gasteiger partial charge in [0.25, 0.3) is 0 Å². The largest absolute Gasteiger partial charge is 0.382 e. The predicted molar refractivity (Wildman–Crippen MR) is 221 cm³/mol. The number of Topliss-reactive ketones (excluding diaryl/α,β-unsaturated/α-hetero) is 2. The number of benzene rings is 2. The number of nitrogens with one attached hydrogen (secondary N) is 3. The highest BCUT2D eigenvalue weighted by Gasteiger charge is 2.45. The van der Waals surface area contributed by atoms with Crippen molar-refractivity contribution in [3.05, 3.63) is 71.8 Å². The number of nitrogens with zero attached hydrogens (tertiary/aromatic N) is 1. The van der Waals surface area contributed by atoms with Crippen LogP contribution in [0.4, 0.5) is 0 Å². The lowest BCUT2D eigenvalue weighted by molar-refractivity contribution is -0.143. The highest BCUT2D eigenvalue weighted by molar-refractivity contribution is 5.95. The van der Waals surface area contributed by atoms with Crippen molar-refractivity contribution in [3.63, 3.8) is 0 Å². The number of methoxy groups -OCH3 is 1. The number of hydrogen-bond donors (Lipinski definition) is 4. The average molecular weight is 790 g/mol. The number of rotatable bonds is 26. The van der Waals surface area contributed by atoms with Gasteiger partial charge in [-0.1, -0.05) is 80.9 Å². The average Bonchev–Trinajstić information content (AvgIpc) is 3.56. The molecule has 0 radical (unpaired) electrons. The molecule has 2 aliphatic rings. The summed E-state index contributed by atoms with van der Waals surface area (Å²) in [6, 6.07) is 17.5. The first-order chi connectivity index (χ1) is 27.5. The van der Waals surface area contributed by atoms with Crippen molar-refractivity contribution >= 4 is 29.3 Å². The second-order valence-electron chi connectivity index (χ2n) is 16.4. The topological polar surface area (TPSA) is 169 Å². The van der Waals surface area contributed by atoms with Gasteiger partial charge in [0.15, 0.2) is 11.6 Å². The highest BCUT2D eigenvalue weighted by atomic mass is 16.5. The maximum Gasteiger partial charge on any atom is 0.226 e. The molecule has 4 rings (SSSR count). The Hall–Kier alpha value is -3.97. The fraction of sp³-hybridized carbons (Fsp3) is 0.622. The summed E-state index contributed by atoms with van der Waals surface area (Å²) in [7, 11) is 1.64. The van der Waals surface area contributed by atoms with Gasteiger partial charge in [-0.3, -0.25) is 24.0 Å². The van der Waals surface area contributed by atoms with Crippen molar-refractivity contribution in [2.75, 3.05) is 59.7 Å². The first-order valence-electron chi connectivity index (χ1n) is 21.0. The Bertz CT molecular complexity index is 1550. The molecule has 0 aliphatic carbocycles. The van der Waals surface area contributed by atoms with Gasteiger partial charge < -0.3 is 36.1 Å². The molecule has 2 aromatic rings. The first kappa shape index (κ1) is 45.7. The summed E-state index contributed by atoms with van der Waals surface area (Å²) >= 11 is 0. The van der Waals surface area contributed by atoms with Crippen molar-refractivity contribution in [1.29, 1.82) is 0 Å². The summed E-state index contributed by atoms with van der Waals surface area (Å²) in [5.41, 5.74) is 7.83. The van der Waals surface area contributed by atoms with Gasteiger partial charge in [0.1, 0.15) is 0 Å². The Morgan fingerprint density at radius 1 is 0.825 bits per heavy atom. The number of carbonyl (C=O) groups is 5. The van der Waals surface area contributed by atoms with Gasteiger partial charge in [-0.2, -0.15) is 0 Å². The van der Waals surface area contributed by atoms with Crippen molar-refractivity contribution in [3.8, 4) is 0 Å². The van der Waals surface area contributed by atoms with E-state index in [2.05, 4.69) is 16.0 Å². The summed E-state index contributed by atoms with van der Waals surface area (Å²) in [6.45, 7) is 8.78. The van der Waals surface area contributed by atoms with E-state index in [9.17, 15) is 24.0 Å². The van der Waals surface area contributed by atoms with Crippen LogP contribution in [0.15, 0.2) is 60.7 Å². The molecule has 0 bridgehead atoms. The Morgan fingerprint density at radius 3 is 2.09 bits per heavy atom. The number of piperidine rings is 1. The molecule has 2 fully saturated rings. The third-order valence-electron chi connectivity index (χ3n) is 11.5. The highest BCUT2D eigenvalue weighted by Crippen LogP contribution is 2.38. The predicted octanol–water partition coefficient (Wildman–Crippen LogP) is 4.03. The van der Waals surface area contributed by atoms with Gasteiger partial charge in [-0.15, -0.1) is 0 Å². The van der Waals surface area contributed by atoms with Crippen molar-refractivity contribution in [2.24, 2.45) is 28.9 Å². The van der Waals surface area contributed by atoms with Gasteiger partial charge in [-0.05, 0) is 75.0 Å². The molecule has 4 atom stereocenters. The van der Waals surface area contributed by atoms with Crippen LogP contribution in [-0.4, -0.2) is 106 Å². The second kappa shape index (κ2) is 24.1. The Morgan fingerprint density at radius 2 is 1.47 bits per heavy atom. The molecule has 3 amide bonds. The normalized spacial score (nSPS) is 17.2. The van der Waals surface area contributed by atoms with Crippen LogP contribution in [-0.2, 0) is 46.3 Å². The number of amides is 3. The maximum absolute atomic E-state index is 14.3. The molecule has 57 heavy (non-hydrogen) atoms. The lowest BCUT2D eigenvalue weighted by atomic mass is 9.76. The van der Waals surface area contributed by atoms with Gasteiger partial charge in [-0.25, -0.2) is 0 Å². The van der Waals surface area contributed by atoms with Gasteiger partial charge in [0, 0.05) is 58.0 Å². The summed E-state index contributed by atoms with van der Waals surface area (Å²) in [5, 5.41) is 9.39. The summed E-state index contributed by atoms with van der Waals surface area (Å²) < 4.78 is 10.5. The lowest BCUT2D eigenvalue weighted by Crippen LogP contribution is -2.49. The van der Waals surface area contributed by atoms with Crippen LogP contribution in [0.1, 0.15) is 82.8 Å². The number of ether oxygens (including phenoxy) is 2. The molecule has 2 aromatic carbocycles.